The third kappa shape index (κ3) is 0.448. The zero-order chi connectivity index (χ0) is 7.41. The van der Waals surface area contributed by atoms with Gasteiger partial charge in [0.25, 0.3) is 0 Å². The maximum atomic E-state index is 2.38. The lowest BCUT2D eigenvalue weighted by Gasteiger charge is -2.33. The second-order valence-corrected chi connectivity index (χ2v) is 4.24. The third-order valence-electron chi connectivity index (χ3n) is 3.53. The standard InChI is InChI=1S/C10H14/c1-9(2)8-4-6-10(9,3)7-5-8/h4-6H,7H2,1-3H3. The van der Waals surface area contributed by atoms with Crippen molar-refractivity contribution in [2.45, 2.75) is 27.2 Å². The van der Waals surface area contributed by atoms with Gasteiger partial charge in [0.15, 0.2) is 0 Å². The van der Waals surface area contributed by atoms with Gasteiger partial charge < -0.3 is 0 Å². The molecule has 2 bridgehead atoms. The maximum Gasteiger partial charge on any atom is -0.00155 e. The molecule has 0 N–H and O–H groups in total. The lowest BCUT2D eigenvalue weighted by atomic mass is 9.70. The van der Waals surface area contributed by atoms with Crippen LogP contribution in [-0.4, -0.2) is 0 Å². The summed E-state index contributed by atoms with van der Waals surface area (Å²) in [5.74, 6) is 0. The molecule has 2 aliphatic rings. The monoisotopic (exact) mass is 134 g/mol. The summed E-state index contributed by atoms with van der Waals surface area (Å²) >= 11 is 0. The van der Waals surface area contributed by atoms with Crippen molar-refractivity contribution < 1.29 is 0 Å². The van der Waals surface area contributed by atoms with Crippen LogP contribution >= 0.6 is 0 Å². The molecular weight excluding hydrogens is 120 g/mol. The molecule has 0 aromatic rings. The molecule has 0 saturated carbocycles. The van der Waals surface area contributed by atoms with E-state index in [0.29, 0.717) is 10.8 Å². The van der Waals surface area contributed by atoms with Crippen molar-refractivity contribution in [3.8, 4) is 0 Å². The predicted octanol–water partition coefficient (Wildman–Crippen LogP) is 2.92. The van der Waals surface area contributed by atoms with Crippen molar-refractivity contribution in [3.63, 3.8) is 0 Å². The molecule has 0 aliphatic heterocycles. The highest BCUT2D eigenvalue weighted by Gasteiger charge is 2.47. The second kappa shape index (κ2) is 1.39. The second-order valence-electron chi connectivity index (χ2n) is 4.24. The van der Waals surface area contributed by atoms with Crippen molar-refractivity contribution in [3.05, 3.63) is 23.8 Å². The molecule has 0 nitrogen and oxygen atoms in total. The van der Waals surface area contributed by atoms with E-state index in [-0.39, 0.29) is 0 Å². The van der Waals surface area contributed by atoms with E-state index in [9.17, 15) is 0 Å². The fourth-order valence-corrected chi connectivity index (χ4v) is 1.99. The van der Waals surface area contributed by atoms with Gasteiger partial charge in [-0.25, -0.2) is 0 Å². The molecule has 0 amide bonds. The Kier molecular flexibility index (Phi) is 0.862. The molecule has 0 aromatic carbocycles. The van der Waals surface area contributed by atoms with Crippen LogP contribution < -0.4 is 0 Å². The summed E-state index contributed by atoms with van der Waals surface area (Å²) in [5, 5.41) is 0. The molecule has 2 aliphatic carbocycles. The molecule has 54 valence electrons. The third-order valence-corrected chi connectivity index (χ3v) is 3.53. The van der Waals surface area contributed by atoms with Crippen molar-refractivity contribution in [1.82, 2.24) is 0 Å². The fraction of sp³-hybridized carbons (Fsp3) is 0.600. The van der Waals surface area contributed by atoms with Gasteiger partial charge in [-0.1, -0.05) is 39.0 Å². The largest absolute Gasteiger partial charge is 0.0799 e. The smallest absolute Gasteiger partial charge is 0.00155 e. The number of fused-ring (bicyclic) bond motifs is 2. The average Bonchev–Trinajstić information content (AvgIpc) is 2.18. The number of allylic oxidation sites excluding steroid dienone is 4. The number of hydrogen-bond donors (Lipinski definition) is 0. The first kappa shape index (κ1) is 6.21. The first-order valence-corrected chi connectivity index (χ1v) is 3.96. The highest BCUT2D eigenvalue weighted by Crippen LogP contribution is 2.58. The van der Waals surface area contributed by atoms with Gasteiger partial charge in [0.2, 0.25) is 0 Å². The summed E-state index contributed by atoms with van der Waals surface area (Å²) < 4.78 is 0. The average molecular weight is 134 g/mol. The van der Waals surface area contributed by atoms with Gasteiger partial charge in [0.05, 0.1) is 0 Å². The molecule has 0 heterocycles. The minimum absolute atomic E-state index is 0.410. The molecule has 0 aromatic heterocycles. The Bertz CT molecular complexity index is 228. The Morgan fingerprint density at radius 3 is 2.10 bits per heavy atom. The maximum absolute atomic E-state index is 2.38. The minimum atomic E-state index is 0.410. The number of hydrogen-bond acceptors (Lipinski definition) is 0. The number of rotatable bonds is 0. The summed E-state index contributed by atoms with van der Waals surface area (Å²) in [6.07, 6.45) is 8.26. The van der Waals surface area contributed by atoms with Crippen molar-refractivity contribution in [1.29, 1.82) is 0 Å². The van der Waals surface area contributed by atoms with Crippen LogP contribution in [-0.2, 0) is 0 Å². The molecule has 1 unspecified atom stereocenters. The minimum Gasteiger partial charge on any atom is -0.0799 e. The normalized spacial score (nSPS) is 40.5. The highest BCUT2D eigenvalue weighted by atomic mass is 14.5. The van der Waals surface area contributed by atoms with Crippen LogP contribution in [0, 0.1) is 10.8 Å². The van der Waals surface area contributed by atoms with E-state index < -0.39 is 0 Å². The Morgan fingerprint density at radius 1 is 1.30 bits per heavy atom. The quantitative estimate of drug-likeness (QED) is 0.478. The van der Waals surface area contributed by atoms with E-state index in [1.807, 2.05) is 0 Å². The molecule has 10 heavy (non-hydrogen) atoms. The lowest BCUT2D eigenvalue weighted by molar-refractivity contribution is 0.237. The van der Waals surface area contributed by atoms with Gasteiger partial charge in [-0.15, -0.1) is 0 Å². The van der Waals surface area contributed by atoms with Crippen LogP contribution in [0.25, 0.3) is 0 Å². The van der Waals surface area contributed by atoms with Crippen LogP contribution in [0.4, 0.5) is 0 Å². The van der Waals surface area contributed by atoms with Gasteiger partial charge in [-0.05, 0) is 22.8 Å². The fourth-order valence-electron chi connectivity index (χ4n) is 1.99. The van der Waals surface area contributed by atoms with E-state index in [4.69, 9.17) is 0 Å². The van der Waals surface area contributed by atoms with Crippen molar-refractivity contribution >= 4 is 0 Å². The Balaban J connectivity index is 2.55. The van der Waals surface area contributed by atoms with Gasteiger partial charge >= 0.3 is 0 Å². The SMILES string of the molecule is CC12C=CC(=CC1)C2(C)C. The van der Waals surface area contributed by atoms with E-state index in [2.05, 4.69) is 39.0 Å². The summed E-state index contributed by atoms with van der Waals surface area (Å²) in [6, 6.07) is 0. The zero-order valence-corrected chi connectivity index (χ0v) is 6.94. The topological polar surface area (TPSA) is 0 Å². The highest BCUT2D eigenvalue weighted by molar-refractivity contribution is 5.43. The lowest BCUT2D eigenvalue weighted by Crippen LogP contribution is -2.25. The Labute approximate surface area is 62.6 Å². The van der Waals surface area contributed by atoms with Crippen molar-refractivity contribution in [2.75, 3.05) is 0 Å². The van der Waals surface area contributed by atoms with E-state index in [0.717, 1.165) is 0 Å². The summed E-state index contributed by atoms with van der Waals surface area (Å²) in [7, 11) is 0. The van der Waals surface area contributed by atoms with Gasteiger partial charge in [0.1, 0.15) is 0 Å². The van der Waals surface area contributed by atoms with Crippen molar-refractivity contribution in [2.24, 2.45) is 10.8 Å². The summed E-state index contributed by atoms with van der Waals surface area (Å²) in [4.78, 5) is 0. The first-order chi connectivity index (χ1) is 4.56. The molecule has 0 radical (unpaired) electrons. The van der Waals surface area contributed by atoms with Gasteiger partial charge in [-0.3, -0.25) is 0 Å². The molecule has 2 rings (SSSR count). The van der Waals surface area contributed by atoms with E-state index in [1.165, 1.54) is 12.0 Å². The molecule has 0 heteroatoms. The molecule has 0 saturated heterocycles. The van der Waals surface area contributed by atoms with Gasteiger partial charge in [-0.2, -0.15) is 0 Å². The molecule has 1 atom stereocenters. The zero-order valence-electron chi connectivity index (χ0n) is 6.94. The molecule has 0 fully saturated rings. The Hall–Kier alpha value is -0.520. The Morgan fingerprint density at radius 2 is 2.00 bits per heavy atom. The van der Waals surface area contributed by atoms with Crippen LogP contribution in [0.15, 0.2) is 23.8 Å². The molecule has 0 spiro atoms. The molecular formula is C10H14. The van der Waals surface area contributed by atoms with Crippen LogP contribution in [0.2, 0.25) is 0 Å². The summed E-state index contributed by atoms with van der Waals surface area (Å²) in [5.41, 5.74) is 2.38. The van der Waals surface area contributed by atoms with Crippen LogP contribution in [0.5, 0.6) is 0 Å². The van der Waals surface area contributed by atoms with Crippen LogP contribution in [0.1, 0.15) is 27.2 Å². The van der Waals surface area contributed by atoms with Gasteiger partial charge in [0, 0.05) is 0 Å². The predicted molar refractivity (Wildman–Crippen MR) is 43.7 cm³/mol. The van der Waals surface area contributed by atoms with E-state index >= 15 is 0 Å². The summed E-state index contributed by atoms with van der Waals surface area (Å²) in [6.45, 7) is 7.03. The first-order valence-electron chi connectivity index (χ1n) is 3.96. The van der Waals surface area contributed by atoms with Crippen LogP contribution in [0.3, 0.4) is 0 Å². The van der Waals surface area contributed by atoms with E-state index in [1.54, 1.807) is 0 Å².